The fourth-order valence-electron chi connectivity index (χ4n) is 15.9. The van der Waals surface area contributed by atoms with Crippen LogP contribution in [0.25, 0.3) is 116 Å². The van der Waals surface area contributed by atoms with Crippen LogP contribution in [0.4, 0.5) is 17.1 Å². The predicted octanol–water partition coefficient (Wildman–Crippen LogP) is 21.9. The van der Waals surface area contributed by atoms with Crippen LogP contribution in [0.5, 0.6) is 0 Å². The number of aromatic nitrogens is 1. The molecule has 0 N–H and O–H groups in total. The number of fused-ring (bicyclic) bond motifs is 22. The van der Waals surface area contributed by atoms with E-state index in [1.165, 1.54) is 110 Å². The van der Waals surface area contributed by atoms with Crippen molar-refractivity contribution >= 4 is 82.7 Å². The topological polar surface area (TPSA) is 34.5 Å². The lowest BCUT2D eigenvalue weighted by molar-refractivity contribution is 0.591. The van der Waals surface area contributed by atoms with Crippen molar-refractivity contribution in [3.05, 3.63) is 251 Å². The number of para-hydroxylation sites is 4. The minimum absolute atomic E-state index is 0.0812. The number of benzene rings is 11. The number of hydrogen-bond donors (Lipinski definition) is 0. The van der Waals surface area contributed by atoms with Crippen LogP contribution in [0.3, 0.4) is 0 Å². The molecule has 0 unspecified atom stereocenters. The maximum Gasteiger partial charge on any atom is 0.144 e. The molecule has 17 rings (SSSR count). The number of nitrogens with zero attached hydrogens (tertiary/aromatic N) is 2. The zero-order valence-corrected chi connectivity index (χ0v) is 48.4. The van der Waals surface area contributed by atoms with Gasteiger partial charge in [-0.2, -0.15) is 0 Å². The summed E-state index contributed by atoms with van der Waals surface area (Å²) in [7, 11) is 0. The van der Waals surface area contributed by atoms with Crippen LogP contribution in [0.1, 0.15) is 101 Å². The Morgan fingerprint density at radius 3 is 1.58 bits per heavy atom. The molecular weight excluding hydrogens is 1010 g/mol. The third kappa shape index (κ3) is 6.36. The van der Waals surface area contributed by atoms with Gasteiger partial charge in [-0.05, 0) is 157 Å². The van der Waals surface area contributed by atoms with Crippen LogP contribution in [-0.4, -0.2) is 4.57 Å². The summed E-state index contributed by atoms with van der Waals surface area (Å²) in [4.78, 5) is 2.54. The highest BCUT2D eigenvalue weighted by Gasteiger charge is 2.49. The highest BCUT2D eigenvalue weighted by Crippen LogP contribution is 2.64. The number of furan rings is 2. The second-order valence-corrected chi connectivity index (χ2v) is 26.4. The molecule has 0 bridgehead atoms. The quantitative estimate of drug-likeness (QED) is 0.172. The number of rotatable bonds is 5. The summed E-state index contributed by atoms with van der Waals surface area (Å²) in [5.74, 6) is 0. The second-order valence-electron chi connectivity index (χ2n) is 26.4. The largest absolute Gasteiger partial charge is 0.455 e. The van der Waals surface area contributed by atoms with Crippen molar-refractivity contribution in [2.24, 2.45) is 0 Å². The maximum atomic E-state index is 7.08. The lowest BCUT2D eigenvalue weighted by Gasteiger charge is -2.32. The van der Waals surface area contributed by atoms with E-state index in [4.69, 9.17) is 8.83 Å². The molecule has 0 fully saturated rings. The molecule has 0 saturated heterocycles. The lowest BCUT2D eigenvalue weighted by Crippen LogP contribution is -2.24. The van der Waals surface area contributed by atoms with Crippen molar-refractivity contribution < 1.29 is 8.83 Å². The minimum Gasteiger partial charge on any atom is -0.455 e. The molecule has 0 spiro atoms. The van der Waals surface area contributed by atoms with Crippen molar-refractivity contribution in [1.29, 1.82) is 0 Å². The molecule has 0 saturated carbocycles. The standard InChI is InChI=1S/C79H62N2O2/c1-76(2,3)58-30-18-13-25-49(58)57-44-62-67(69-54-28-16-21-33-65(54)82-74(57)69)52-38-35-47(42-60(52)77(62,4)5)80(46-37-40-64-56(41-46)50-26-15-20-32-63(50)81(64)45-23-11-10-12-24-45)48-36-39-53-61(43-48)79(8,9)72-68(53)70-55-29-17-22-34-66(55)83-75(70)71-51-27-14-19-31-59(51)78(6,7)73(71)72/h10-44H,1-9H3. The zero-order valence-electron chi connectivity index (χ0n) is 48.4. The molecule has 0 radical (unpaired) electrons. The molecule has 3 heterocycles. The van der Waals surface area contributed by atoms with E-state index in [2.05, 4.69) is 284 Å². The van der Waals surface area contributed by atoms with E-state index in [9.17, 15) is 0 Å². The molecule has 83 heavy (non-hydrogen) atoms. The summed E-state index contributed by atoms with van der Waals surface area (Å²) < 4.78 is 16.5. The molecule has 14 aromatic rings. The minimum atomic E-state index is -0.376. The van der Waals surface area contributed by atoms with Gasteiger partial charge in [0.25, 0.3) is 0 Å². The molecule has 3 aliphatic rings. The molecule has 4 nitrogen and oxygen atoms in total. The van der Waals surface area contributed by atoms with Gasteiger partial charge in [0.05, 0.1) is 11.0 Å². The van der Waals surface area contributed by atoms with E-state index in [1.54, 1.807) is 0 Å². The van der Waals surface area contributed by atoms with Crippen molar-refractivity contribution in [2.45, 2.75) is 84.0 Å². The Kier molecular flexibility index (Phi) is 9.56. The van der Waals surface area contributed by atoms with Crippen LogP contribution in [-0.2, 0) is 21.7 Å². The van der Waals surface area contributed by atoms with Crippen LogP contribution in [0.2, 0.25) is 0 Å². The highest BCUT2D eigenvalue weighted by atomic mass is 16.3. The highest BCUT2D eigenvalue weighted by molar-refractivity contribution is 6.22. The van der Waals surface area contributed by atoms with Crippen molar-refractivity contribution in [3.63, 3.8) is 0 Å². The first-order chi connectivity index (χ1) is 40.1. The van der Waals surface area contributed by atoms with Gasteiger partial charge in [0, 0.05) is 82.4 Å². The van der Waals surface area contributed by atoms with E-state index in [0.29, 0.717) is 0 Å². The van der Waals surface area contributed by atoms with E-state index >= 15 is 0 Å². The molecule has 0 aliphatic heterocycles. The predicted molar refractivity (Wildman–Crippen MR) is 347 cm³/mol. The first kappa shape index (κ1) is 48.3. The first-order valence-corrected chi connectivity index (χ1v) is 29.5. The van der Waals surface area contributed by atoms with Gasteiger partial charge < -0.3 is 18.3 Å². The first-order valence-electron chi connectivity index (χ1n) is 29.5. The van der Waals surface area contributed by atoms with E-state index in [1.807, 2.05) is 0 Å². The fourth-order valence-corrected chi connectivity index (χ4v) is 15.9. The summed E-state index contributed by atoms with van der Waals surface area (Å²) >= 11 is 0. The van der Waals surface area contributed by atoms with Crippen LogP contribution in [0, 0.1) is 0 Å². The molecular formula is C79H62N2O2. The van der Waals surface area contributed by atoms with Gasteiger partial charge in [-0.3, -0.25) is 0 Å². The smallest absolute Gasteiger partial charge is 0.144 e. The van der Waals surface area contributed by atoms with E-state index < -0.39 is 0 Å². The van der Waals surface area contributed by atoms with Gasteiger partial charge in [0.2, 0.25) is 0 Å². The Hall–Kier alpha value is -9.38. The average molecular weight is 1070 g/mol. The van der Waals surface area contributed by atoms with Gasteiger partial charge in [-0.15, -0.1) is 0 Å². The van der Waals surface area contributed by atoms with Crippen molar-refractivity contribution in [2.75, 3.05) is 4.90 Å². The Labute approximate surface area is 483 Å². The Bertz CT molecular complexity index is 5160. The summed E-state index contributed by atoms with van der Waals surface area (Å²) in [6.07, 6.45) is 0. The Balaban J connectivity index is 0.914. The molecule has 0 atom stereocenters. The zero-order chi connectivity index (χ0) is 56.2. The molecule has 3 aromatic heterocycles. The lowest BCUT2D eigenvalue weighted by atomic mass is 9.72. The van der Waals surface area contributed by atoms with Crippen LogP contribution < -0.4 is 4.90 Å². The normalized spacial score (nSPS) is 15.1. The summed E-state index contributed by atoms with van der Waals surface area (Å²) in [5.41, 5.74) is 28.8. The van der Waals surface area contributed by atoms with Crippen LogP contribution in [0.15, 0.2) is 221 Å². The van der Waals surface area contributed by atoms with Gasteiger partial charge in [0.1, 0.15) is 22.3 Å². The molecule has 3 aliphatic carbocycles. The molecule has 11 aromatic carbocycles. The summed E-state index contributed by atoms with van der Waals surface area (Å²) in [6, 6.07) is 79.1. The summed E-state index contributed by atoms with van der Waals surface area (Å²) in [5, 5.41) is 7.13. The van der Waals surface area contributed by atoms with Gasteiger partial charge in [-0.1, -0.05) is 196 Å². The SMILES string of the molecule is CC(C)(C)c1ccccc1-c1cc2c(c3c1oc1ccccc13)-c1ccc(N(c3ccc4c(c3)C(C)(C)c3c5c(c6oc7ccccc7c6c3-4)-c3ccccc3C5(C)C)c3ccc4c(c3)c3ccccc3n4-c3ccccc3)cc1C2(C)C. The van der Waals surface area contributed by atoms with E-state index in [-0.39, 0.29) is 21.7 Å². The monoisotopic (exact) mass is 1070 g/mol. The van der Waals surface area contributed by atoms with Crippen molar-refractivity contribution in [3.8, 4) is 50.2 Å². The second kappa shape index (κ2) is 16.4. The molecule has 4 heteroatoms. The van der Waals surface area contributed by atoms with Gasteiger partial charge in [-0.25, -0.2) is 0 Å². The third-order valence-electron chi connectivity index (χ3n) is 19.6. The fraction of sp³-hybridized carbons (Fsp3) is 0.165. The van der Waals surface area contributed by atoms with Crippen LogP contribution >= 0.6 is 0 Å². The molecule has 0 amide bonds. The van der Waals surface area contributed by atoms with Crippen molar-refractivity contribution in [1.82, 2.24) is 4.57 Å². The Morgan fingerprint density at radius 1 is 0.361 bits per heavy atom. The van der Waals surface area contributed by atoms with Gasteiger partial charge in [0.15, 0.2) is 0 Å². The maximum absolute atomic E-state index is 7.08. The number of hydrogen-bond acceptors (Lipinski definition) is 3. The summed E-state index contributed by atoms with van der Waals surface area (Å²) in [6.45, 7) is 21.6. The average Bonchev–Trinajstić information content (AvgIpc) is 1.78. The Morgan fingerprint density at radius 2 is 0.867 bits per heavy atom. The number of anilines is 3. The van der Waals surface area contributed by atoms with Gasteiger partial charge >= 0.3 is 0 Å². The third-order valence-corrected chi connectivity index (χ3v) is 19.6. The van der Waals surface area contributed by atoms with E-state index in [0.717, 1.165) is 61.4 Å². The molecule has 400 valence electrons.